The number of aromatic amines is 1. The normalized spacial score (nSPS) is 23.6. The molecule has 2 aromatic carbocycles. The highest BCUT2D eigenvalue weighted by Gasteiger charge is 2.60. The highest BCUT2D eigenvalue weighted by molar-refractivity contribution is 8.01. The van der Waals surface area contributed by atoms with Gasteiger partial charge < -0.3 is 19.5 Å². The van der Waals surface area contributed by atoms with E-state index >= 15 is 0 Å². The Bertz CT molecular complexity index is 1420. The van der Waals surface area contributed by atoms with E-state index in [4.69, 9.17) is 16.3 Å². The van der Waals surface area contributed by atoms with Gasteiger partial charge in [0, 0.05) is 52.2 Å². The average molecular weight is 580 g/mol. The Morgan fingerprint density at radius 3 is 2.55 bits per heavy atom. The van der Waals surface area contributed by atoms with Gasteiger partial charge in [0.1, 0.15) is 4.75 Å². The lowest BCUT2D eigenvalue weighted by atomic mass is 9.89. The van der Waals surface area contributed by atoms with Gasteiger partial charge in [0.2, 0.25) is 11.8 Å². The molecule has 0 radical (unpaired) electrons. The number of thioether (sulfide) groups is 1. The van der Waals surface area contributed by atoms with Gasteiger partial charge in [0.15, 0.2) is 0 Å². The number of piperidine rings is 1. The van der Waals surface area contributed by atoms with Crippen LogP contribution in [0.4, 0.5) is 0 Å². The maximum Gasteiger partial charge on any atom is 0.309 e. The summed E-state index contributed by atoms with van der Waals surface area (Å²) in [5, 5.41) is 1.60. The third kappa shape index (κ3) is 5.12. The van der Waals surface area contributed by atoms with E-state index in [0.717, 1.165) is 34.2 Å². The van der Waals surface area contributed by atoms with Gasteiger partial charge in [-0.3, -0.25) is 14.4 Å². The maximum absolute atomic E-state index is 14.8. The van der Waals surface area contributed by atoms with Crippen molar-refractivity contribution in [1.29, 1.82) is 0 Å². The Labute approximate surface area is 243 Å². The van der Waals surface area contributed by atoms with Crippen molar-refractivity contribution in [2.24, 2.45) is 11.8 Å². The number of amides is 2. The minimum absolute atomic E-state index is 0.0124. The molecule has 3 fully saturated rings. The van der Waals surface area contributed by atoms with Gasteiger partial charge in [-0.1, -0.05) is 35.9 Å². The van der Waals surface area contributed by atoms with Crippen molar-refractivity contribution in [3.63, 3.8) is 0 Å². The van der Waals surface area contributed by atoms with Gasteiger partial charge in [0.05, 0.1) is 25.0 Å². The molecule has 1 N–H and O–H groups in total. The standard InChI is InChI=1S/C31H34ClN3O4S/c1-2-39-29(37)21-12-14-34(15-13-21)30(38)31(40-23-6-4-3-5-7-23)17-27(36)35(19-20-8-9-20)28(31)25-18-33-26-16-22(32)10-11-24(25)26/h3-7,10-11,16,18,20-21,28,33H,2,8-9,12-15,17,19H2,1H3. The van der Waals surface area contributed by atoms with Crippen LogP contribution >= 0.6 is 23.4 Å². The number of carbonyl (C=O) groups is 3. The zero-order chi connectivity index (χ0) is 27.9. The minimum Gasteiger partial charge on any atom is -0.466 e. The van der Waals surface area contributed by atoms with Crippen LogP contribution in [0.1, 0.15) is 50.6 Å². The first-order valence-electron chi connectivity index (χ1n) is 14.2. The zero-order valence-electron chi connectivity index (χ0n) is 22.6. The van der Waals surface area contributed by atoms with Gasteiger partial charge in [0.25, 0.3) is 0 Å². The molecule has 6 rings (SSSR count). The van der Waals surface area contributed by atoms with Gasteiger partial charge in [-0.25, -0.2) is 0 Å². The average Bonchev–Trinajstić information content (AvgIpc) is 3.63. The number of nitrogens with one attached hydrogen (secondary N) is 1. The number of aromatic nitrogens is 1. The number of esters is 1. The Morgan fingerprint density at radius 1 is 1.10 bits per heavy atom. The second kappa shape index (κ2) is 11.1. The predicted molar refractivity (Wildman–Crippen MR) is 156 cm³/mol. The highest BCUT2D eigenvalue weighted by Crippen LogP contribution is 2.55. The molecule has 1 aliphatic carbocycles. The fraction of sp³-hybridized carbons (Fsp3) is 0.452. The van der Waals surface area contributed by atoms with Crippen LogP contribution in [-0.2, 0) is 19.1 Å². The SMILES string of the molecule is CCOC(=O)C1CCN(C(=O)C2(Sc3ccccc3)CC(=O)N(CC3CC3)C2c2c[nH]c3cc(Cl)ccc23)CC1. The number of H-pyrrole nitrogens is 1. The van der Waals surface area contributed by atoms with Crippen molar-refractivity contribution in [3.05, 3.63) is 65.3 Å². The molecular formula is C31H34ClN3O4S. The van der Waals surface area contributed by atoms with E-state index < -0.39 is 10.8 Å². The van der Waals surface area contributed by atoms with Crippen molar-refractivity contribution in [2.75, 3.05) is 26.2 Å². The largest absolute Gasteiger partial charge is 0.466 e. The van der Waals surface area contributed by atoms with E-state index in [1.165, 1.54) is 11.8 Å². The summed E-state index contributed by atoms with van der Waals surface area (Å²) in [4.78, 5) is 49.2. The molecule has 2 atom stereocenters. The molecule has 2 saturated heterocycles. The molecule has 3 aliphatic rings. The van der Waals surface area contributed by atoms with Crippen LogP contribution in [0.5, 0.6) is 0 Å². The fourth-order valence-electron chi connectivity index (χ4n) is 6.24. The summed E-state index contributed by atoms with van der Waals surface area (Å²) in [5.74, 6) is 0.0542. The van der Waals surface area contributed by atoms with Crippen LogP contribution in [0.25, 0.3) is 10.9 Å². The topological polar surface area (TPSA) is 82.7 Å². The second-order valence-electron chi connectivity index (χ2n) is 11.1. The first kappa shape index (κ1) is 27.2. The van der Waals surface area contributed by atoms with Gasteiger partial charge in [-0.2, -0.15) is 0 Å². The Morgan fingerprint density at radius 2 is 1.85 bits per heavy atom. The molecule has 1 aromatic heterocycles. The molecule has 40 heavy (non-hydrogen) atoms. The first-order valence-corrected chi connectivity index (χ1v) is 15.3. The van der Waals surface area contributed by atoms with Crippen molar-refractivity contribution in [1.82, 2.24) is 14.8 Å². The molecule has 9 heteroatoms. The van der Waals surface area contributed by atoms with E-state index in [2.05, 4.69) is 4.98 Å². The number of fused-ring (bicyclic) bond motifs is 1. The van der Waals surface area contributed by atoms with Gasteiger partial charge in [-0.15, -0.1) is 11.8 Å². The molecule has 2 aliphatic heterocycles. The maximum atomic E-state index is 14.8. The summed E-state index contributed by atoms with van der Waals surface area (Å²) in [6.07, 6.45) is 5.41. The first-order chi connectivity index (χ1) is 19.4. The third-order valence-corrected chi connectivity index (χ3v) is 10.1. The Kier molecular flexibility index (Phi) is 7.57. The molecule has 0 bridgehead atoms. The van der Waals surface area contributed by atoms with Crippen LogP contribution in [0, 0.1) is 11.8 Å². The minimum atomic E-state index is -1.06. The highest BCUT2D eigenvalue weighted by atomic mass is 35.5. The number of nitrogens with zero attached hydrogens (tertiary/aromatic N) is 2. The molecule has 7 nitrogen and oxygen atoms in total. The van der Waals surface area contributed by atoms with Gasteiger partial charge in [-0.05, 0) is 62.8 Å². The lowest BCUT2D eigenvalue weighted by molar-refractivity contribution is -0.151. The molecule has 210 valence electrons. The van der Waals surface area contributed by atoms with Crippen LogP contribution < -0.4 is 0 Å². The number of hydrogen-bond donors (Lipinski definition) is 1. The zero-order valence-corrected chi connectivity index (χ0v) is 24.2. The summed E-state index contributed by atoms with van der Waals surface area (Å²) in [7, 11) is 0. The quantitative estimate of drug-likeness (QED) is 0.339. The molecule has 0 spiro atoms. The smallest absolute Gasteiger partial charge is 0.309 e. The number of benzene rings is 2. The Hall–Kier alpha value is -2.97. The monoisotopic (exact) mass is 579 g/mol. The van der Waals surface area contributed by atoms with Crippen molar-refractivity contribution < 1.29 is 19.1 Å². The molecular weight excluding hydrogens is 546 g/mol. The summed E-state index contributed by atoms with van der Waals surface area (Å²) in [6, 6.07) is 15.2. The molecule has 2 unspecified atom stereocenters. The summed E-state index contributed by atoms with van der Waals surface area (Å²) >= 11 is 7.81. The number of rotatable bonds is 8. The predicted octanol–water partition coefficient (Wildman–Crippen LogP) is 5.84. The van der Waals surface area contributed by atoms with Crippen LogP contribution in [-0.4, -0.2) is 63.6 Å². The van der Waals surface area contributed by atoms with Gasteiger partial charge >= 0.3 is 5.97 Å². The van der Waals surface area contributed by atoms with E-state index in [1.54, 1.807) is 0 Å². The fourth-order valence-corrected chi connectivity index (χ4v) is 7.91. The summed E-state index contributed by atoms with van der Waals surface area (Å²) in [5.41, 5.74) is 1.82. The Balaban J connectivity index is 1.42. The number of ether oxygens (including phenoxy) is 1. The number of carbonyl (C=O) groups excluding carboxylic acids is 3. The third-order valence-electron chi connectivity index (χ3n) is 8.42. The summed E-state index contributed by atoms with van der Waals surface area (Å²) in [6.45, 7) is 3.74. The van der Waals surface area contributed by atoms with E-state index in [1.807, 2.05) is 71.5 Å². The molecule has 2 amide bonds. The van der Waals surface area contributed by atoms with Crippen molar-refractivity contribution in [3.8, 4) is 0 Å². The van der Waals surface area contributed by atoms with E-state index in [-0.39, 0.29) is 30.1 Å². The number of hydrogen-bond acceptors (Lipinski definition) is 5. The van der Waals surface area contributed by atoms with Crippen LogP contribution in [0.2, 0.25) is 5.02 Å². The van der Waals surface area contributed by atoms with E-state index in [0.29, 0.717) is 50.0 Å². The lowest BCUT2D eigenvalue weighted by Gasteiger charge is -2.41. The van der Waals surface area contributed by atoms with Crippen LogP contribution in [0.15, 0.2) is 59.6 Å². The van der Waals surface area contributed by atoms with Crippen LogP contribution in [0.3, 0.4) is 0 Å². The summed E-state index contributed by atoms with van der Waals surface area (Å²) < 4.78 is 4.19. The molecule has 1 saturated carbocycles. The number of likely N-dealkylation sites (tertiary alicyclic amines) is 2. The second-order valence-corrected chi connectivity index (χ2v) is 13.0. The molecule has 3 heterocycles. The van der Waals surface area contributed by atoms with E-state index in [9.17, 15) is 14.4 Å². The molecule has 3 aromatic rings. The van der Waals surface area contributed by atoms with Crippen molar-refractivity contribution >= 4 is 52.0 Å². The lowest BCUT2D eigenvalue weighted by Crippen LogP contribution is -2.52. The van der Waals surface area contributed by atoms with Crippen molar-refractivity contribution in [2.45, 2.75) is 54.7 Å². The number of halogens is 1.